The summed E-state index contributed by atoms with van der Waals surface area (Å²) < 4.78 is 38.1. The maximum atomic E-state index is 13.1. The quantitative estimate of drug-likeness (QED) is 0.739. The normalized spacial score (nSPS) is 24.2. The van der Waals surface area contributed by atoms with Crippen LogP contribution in [0.5, 0.6) is 5.75 Å². The minimum atomic E-state index is -3.70. The van der Waals surface area contributed by atoms with Crippen LogP contribution in [0.3, 0.4) is 0 Å². The molecule has 0 N–H and O–H groups in total. The number of ether oxygens (including phenoxy) is 2. The predicted molar refractivity (Wildman–Crippen MR) is 106 cm³/mol. The average molecular weight is 411 g/mol. The van der Waals surface area contributed by atoms with Crippen molar-refractivity contribution in [3.8, 4) is 5.75 Å². The molecule has 2 atom stereocenters. The number of carbonyl (C=O) groups excluding carboxylic acids is 1. The van der Waals surface area contributed by atoms with Gasteiger partial charge in [0.05, 0.1) is 26.7 Å². The highest BCUT2D eigenvalue weighted by molar-refractivity contribution is 7.89. The molecule has 7 nitrogen and oxygen atoms in total. The number of morpholine rings is 1. The Kier molecular flexibility index (Phi) is 6.62. The molecule has 1 aromatic carbocycles. The zero-order valence-corrected chi connectivity index (χ0v) is 17.7. The van der Waals surface area contributed by atoms with E-state index in [1.54, 1.807) is 18.2 Å². The molecule has 1 amide bonds. The Morgan fingerprint density at radius 1 is 1.18 bits per heavy atom. The van der Waals surface area contributed by atoms with Gasteiger partial charge in [-0.25, -0.2) is 8.42 Å². The first-order valence-electron chi connectivity index (χ1n) is 9.84. The van der Waals surface area contributed by atoms with Crippen LogP contribution in [0, 0.1) is 11.8 Å². The molecule has 28 heavy (non-hydrogen) atoms. The van der Waals surface area contributed by atoms with Crippen molar-refractivity contribution in [1.29, 1.82) is 0 Å². The van der Waals surface area contributed by atoms with E-state index in [4.69, 9.17) is 9.47 Å². The summed E-state index contributed by atoms with van der Waals surface area (Å²) in [6, 6.07) is 4.99. The fourth-order valence-corrected chi connectivity index (χ4v) is 5.73. The molecule has 2 unspecified atom stereocenters. The molecule has 0 aliphatic carbocycles. The number of amides is 1. The largest absolute Gasteiger partial charge is 0.495 e. The van der Waals surface area contributed by atoms with E-state index in [0.29, 0.717) is 49.5 Å². The minimum Gasteiger partial charge on any atom is -0.495 e. The lowest BCUT2D eigenvalue weighted by atomic mass is 9.91. The third-order valence-electron chi connectivity index (χ3n) is 5.39. The van der Waals surface area contributed by atoms with Gasteiger partial charge in [-0.05, 0) is 36.0 Å². The van der Waals surface area contributed by atoms with Crippen LogP contribution < -0.4 is 4.74 Å². The number of likely N-dealkylation sites (tertiary alicyclic amines) is 1. The second kappa shape index (κ2) is 8.80. The molecule has 0 aromatic heterocycles. The van der Waals surface area contributed by atoms with Gasteiger partial charge in [-0.1, -0.05) is 19.9 Å². The van der Waals surface area contributed by atoms with Gasteiger partial charge in [0.15, 0.2) is 0 Å². The first-order chi connectivity index (χ1) is 13.3. The first-order valence-corrected chi connectivity index (χ1v) is 11.3. The molecule has 0 saturated carbocycles. The number of nitrogens with zero attached hydrogens (tertiary/aromatic N) is 2. The molecule has 0 spiro atoms. The highest BCUT2D eigenvalue weighted by atomic mass is 32.2. The van der Waals surface area contributed by atoms with Gasteiger partial charge < -0.3 is 14.4 Å². The van der Waals surface area contributed by atoms with Crippen molar-refractivity contribution in [2.45, 2.75) is 31.6 Å². The van der Waals surface area contributed by atoms with Crippen LogP contribution >= 0.6 is 0 Å². The number of carbonyl (C=O) groups is 1. The van der Waals surface area contributed by atoms with Gasteiger partial charge in [0, 0.05) is 26.2 Å². The number of benzene rings is 1. The van der Waals surface area contributed by atoms with Gasteiger partial charge in [-0.3, -0.25) is 4.79 Å². The Hall–Kier alpha value is -1.64. The summed E-state index contributed by atoms with van der Waals surface area (Å²) in [4.78, 5) is 14.8. The lowest BCUT2D eigenvalue weighted by Gasteiger charge is -2.35. The van der Waals surface area contributed by atoms with E-state index in [1.165, 1.54) is 11.4 Å². The molecule has 2 aliphatic heterocycles. The monoisotopic (exact) mass is 410 g/mol. The van der Waals surface area contributed by atoms with Crippen molar-refractivity contribution in [2.24, 2.45) is 11.8 Å². The van der Waals surface area contributed by atoms with E-state index in [2.05, 4.69) is 13.8 Å². The number of rotatable bonds is 5. The highest BCUT2D eigenvalue weighted by Crippen LogP contribution is 2.29. The fourth-order valence-electron chi connectivity index (χ4n) is 4.11. The number of sulfonamides is 1. The molecule has 2 saturated heterocycles. The Bertz CT molecular complexity index is 795. The second-order valence-corrected chi connectivity index (χ2v) is 9.83. The fraction of sp³-hybridized carbons (Fsp3) is 0.650. The number of hydrogen-bond acceptors (Lipinski definition) is 5. The summed E-state index contributed by atoms with van der Waals surface area (Å²) in [5.74, 6) is 1.31. The van der Waals surface area contributed by atoms with Crippen LogP contribution in [-0.4, -0.2) is 70.0 Å². The average Bonchev–Trinajstić information content (AvgIpc) is 2.68. The molecule has 2 aliphatic rings. The smallest absolute Gasteiger partial charge is 0.246 e. The van der Waals surface area contributed by atoms with E-state index in [-0.39, 0.29) is 17.2 Å². The SMILES string of the molecule is COc1ccc(CC(=O)N2CC(C)CC(C)C2)cc1S(=O)(=O)N1CCOCC1. The van der Waals surface area contributed by atoms with E-state index < -0.39 is 10.0 Å². The Morgan fingerprint density at radius 2 is 1.82 bits per heavy atom. The Balaban J connectivity index is 1.81. The first kappa shape index (κ1) is 21.1. The van der Waals surface area contributed by atoms with Gasteiger partial charge in [0.2, 0.25) is 15.9 Å². The number of hydrogen-bond donors (Lipinski definition) is 0. The molecule has 2 fully saturated rings. The van der Waals surface area contributed by atoms with Crippen molar-refractivity contribution in [2.75, 3.05) is 46.5 Å². The molecule has 2 heterocycles. The lowest BCUT2D eigenvalue weighted by molar-refractivity contribution is -0.133. The molecule has 1 aromatic rings. The van der Waals surface area contributed by atoms with E-state index in [0.717, 1.165) is 19.5 Å². The molecule has 8 heteroatoms. The van der Waals surface area contributed by atoms with E-state index >= 15 is 0 Å². The topological polar surface area (TPSA) is 76.2 Å². The van der Waals surface area contributed by atoms with Gasteiger partial charge in [0.1, 0.15) is 10.6 Å². The summed E-state index contributed by atoms with van der Waals surface area (Å²) in [6.45, 7) is 7.25. The van der Waals surface area contributed by atoms with Crippen molar-refractivity contribution in [3.63, 3.8) is 0 Å². The summed E-state index contributed by atoms with van der Waals surface area (Å²) in [5, 5.41) is 0. The molecule has 156 valence electrons. The zero-order chi connectivity index (χ0) is 20.3. The Labute approximate surface area is 167 Å². The summed E-state index contributed by atoms with van der Waals surface area (Å²) in [7, 11) is -2.25. The number of methoxy groups -OCH3 is 1. The molecule has 0 bridgehead atoms. The molecule has 3 rings (SSSR count). The van der Waals surface area contributed by atoms with Gasteiger partial charge in [0.25, 0.3) is 0 Å². The third kappa shape index (κ3) is 4.67. The number of piperidine rings is 1. The van der Waals surface area contributed by atoms with Crippen LogP contribution in [0.15, 0.2) is 23.1 Å². The zero-order valence-electron chi connectivity index (χ0n) is 16.9. The third-order valence-corrected chi connectivity index (χ3v) is 7.31. The Morgan fingerprint density at radius 3 is 2.43 bits per heavy atom. The predicted octanol–water partition coefficient (Wildman–Crippen LogP) is 1.76. The van der Waals surface area contributed by atoms with Crippen LogP contribution in [-0.2, 0) is 26.0 Å². The minimum absolute atomic E-state index is 0.0401. The van der Waals surface area contributed by atoms with E-state index in [9.17, 15) is 13.2 Å². The molecular weight excluding hydrogens is 380 g/mol. The van der Waals surface area contributed by atoms with Crippen molar-refractivity contribution in [3.05, 3.63) is 23.8 Å². The van der Waals surface area contributed by atoms with Gasteiger partial charge in [-0.2, -0.15) is 4.31 Å². The summed E-state index contributed by atoms with van der Waals surface area (Å²) in [5.41, 5.74) is 0.684. The van der Waals surface area contributed by atoms with Crippen molar-refractivity contribution in [1.82, 2.24) is 9.21 Å². The standard InChI is InChI=1S/C20H30N2O5S/c1-15-10-16(2)14-21(13-15)20(23)12-17-4-5-18(26-3)19(11-17)28(24,25)22-6-8-27-9-7-22/h4-5,11,15-16H,6-10,12-14H2,1-3H3. The lowest BCUT2D eigenvalue weighted by Crippen LogP contribution is -2.43. The summed E-state index contributed by atoms with van der Waals surface area (Å²) in [6.07, 6.45) is 1.32. The molecular formula is C20H30N2O5S. The van der Waals surface area contributed by atoms with Crippen LogP contribution in [0.4, 0.5) is 0 Å². The maximum Gasteiger partial charge on any atom is 0.246 e. The maximum absolute atomic E-state index is 13.1. The van der Waals surface area contributed by atoms with Crippen molar-refractivity contribution < 1.29 is 22.7 Å². The van der Waals surface area contributed by atoms with Crippen molar-refractivity contribution >= 4 is 15.9 Å². The van der Waals surface area contributed by atoms with E-state index in [1.807, 2.05) is 4.90 Å². The van der Waals surface area contributed by atoms with Crippen LogP contribution in [0.1, 0.15) is 25.8 Å². The van der Waals surface area contributed by atoms with Gasteiger partial charge in [-0.15, -0.1) is 0 Å². The van der Waals surface area contributed by atoms with Gasteiger partial charge >= 0.3 is 0 Å². The van der Waals surface area contributed by atoms with Crippen LogP contribution in [0.25, 0.3) is 0 Å². The highest BCUT2D eigenvalue weighted by Gasteiger charge is 2.30. The summed E-state index contributed by atoms with van der Waals surface area (Å²) >= 11 is 0. The van der Waals surface area contributed by atoms with Crippen LogP contribution in [0.2, 0.25) is 0 Å². The second-order valence-electron chi connectivity index (χ2n) is 7.92. The molecule has 0 radical (unpaired) electrons.